The van der Waals surface area contributed by atoms with Crippen molar-refractivity contribution >= 4 is 16.9 Å². The molecular formula is C17H20O6. The monoisotopic (exact) mass is 320 g/mol. The zero-order valence-corrected chi connectivity index (χ0v) is 13.6. The second kappa shape index (κ2) is 6.42. The number of benzene rings is 1. The average molecular weight is 320 g/mol. The van der Waals surface area contributed by atoms with E-state index >= 15 is 0 Å². The topological polar surface area (TPSA) is 86.0 Å². The van der Waals surface area contributed by atoms with Crippen LogP contribution in [0.5, 0.6) is 5.75 Å². The van der Waals surface area contributed by atoms with Crippen molar-refractivity contribution in [3.63, 3.8) is 0 Å². The summed E-state index contributed by atoms with van der Waals surface area (Å²) >= 11 is 0. The minimum atomic E-state index is -1.27. The van der Waals surface area contributed by atoms with E-state index in [1.807, 2.05) is 0 Å². The molecule has 0 aliphatic carbocycles. The van der Waals surface area contributed by atoms with Gasteiger partial charge in [-0.3, -0.25) is 4.79 Å². The molecule has 2 aromatic rings. The molecule has 124 valence electrons. The largest absolute Gasteiger partial charge is 0.496 e. The van der Waals surface area contributed by atoms with Gasteiger partial charge in [0.25, 0.3) is 0 Å². The lowest BCUT2D eigenvalue weighted by Gasteiger charge is -2.29. The van der Waals surface area contributed by atoms with Crippen molar-refractivity contribution in [2.45, 2.75) is 38.9 Å². The van der Waals surface area contributed by atoms with E-state index in [1.165, 1.54) is 20.1 Å². The van der Waals surface area contributed by atoms with Gasteiger partial charge >= 0.3 is 11.6 Å². The minimum absolute atomic E-state index is 0.149. The van der Waals surface area contributed by atoms with Crippen molar-refractivity contribution in [2.24, 2.45) is 0 Å². The summed E-state index contributed by atoms with van der Waals surface area (Å²) in [6, 6.07) is 6.49. The molecule has 1 atom stereocenters. The van der Waals surface area contributed by atoms with Gasteiger partial charge in [0.15, 0.2) is 0 Å². The van der Waals surface area contributed by atoms with Gasteiger partial charge < -0.3 is 19.0 Å². The number of methoxy groups -OCH3 is 1. The van der Waals surface area contributed by atoms with E-state index in [4.69, 9.17) is 13.9 Å². The molecule has 0 spiro atoms. The van der Waals surface area contributed by atoms with Crippen LogP contribution in [-0.4, -0.2) is 29.9 Å². The SMILES string of the molecule is COc1ccc2ccc(=O)oc2c1CC(OC(C)=O)C(C)(C)O. The molecule has 23 heavy (non-hydrogen) atoms. The Hall–Kier alpha value is -2.34. The summed E-state index contributed by atoms with van der Waals surface area (Å²) in [7, 11) is 1.50. The smallest absolute Gasteiger partial charge is 0.336 e. The first-order chi connectivity index (χ1) is 10.7. The predicted octanol–water partition coefficient (Wildman–Crippen LogP) is 2.05. The van der Waals surface area contributed by atoms with Crippen molar-refractivity contribution in [2.75, 3.05) is 7.11 Å². The zero-order chi connectivity index (χ0) is 17.2. The Labute approximate surface area is 133 Å². The van der Waals surface area contributed by atoms with Gasteiger partial charge in [-0.05, 0) is 32.0 Å². The molecule has 0 radical (unpaired) electrons. The Bertz CT molecular complexity index is 769. The van der Waals surface area contributed by atoms with Crippen LogP contribution >= 0.6 is 0 Å². The number of fused-ring (bicyclic) bond motifs is 1. The number of esters is 1. The maximum atomic E-state index is 11.6. The van der Waals surface area contributed by atoms with Crippen LogP contribution in [0.4, 0.5) is 0 Å². The highest BCUT2D eigenvalue weighted by Gasteiger charge is 2.32. The Morgan fingerprint density at radius 3 is 2.52 bits per heavy atom. The van der Waals surface area contributed by atoms with Crippen LogP contribution in [0.2, 0.25) is 0 Å². The van der Waals surface area contributed by atoms with Gasteiger partial charge in [-0.2, -0.15) is 0 Å². The first kappa shape index (κ1) is 17.0. The second-order valence-electron chi connectivity index (χ2n) is 5.88. The number of aliphatic hydroxyl groups is 1. The predicted molar refractivity (Wildman–Crippen MR) is 84.6 cm³/mol. The molecule has 1 heterocycles. The molecule has 0 bridgehead atoms. The molecule has 1 N–H and O–H groups in total. The fourth-order valence-electron chi connectivity index (χ4n) is 2.38. The van der Waals surface area contributed by atoms with Crippen LogP contribution in [0.3, 0.4) is 0 Å². The lowest BCUT2D eigenvalue weighted by Crippen LogP contribution is -2.41. The van der Waals surface area contributed by atoms with Crippen LogP contribution in [0.15, 0.2) is 33.5 Å². The number of rotatable bonds is 5. The summed E-state index contributed by atoms with van der Waals surface area (Å²) < 4.78 is 15.9. The minimum Gasteiger partial charge on any atom is -0.496 e. The first-order valence-electron chi connectivity index (χ1n) is 7.21. The number of hydrogen-bond acceptors (Lipinski definition) is 6. The molecule has 0 amide bonds. The molecule has 0 saturated heterocycles. The van der Waals surface area contributed by atoms with Gasteiger partial charge in [-0.15, -0.1) is 0 Å². The fourth-order valence-corrected chi connectivity index (χ4v) is 2.38. The van der Waals surface area contributed by atoms with E-state index in [0.717, 1.165) is 5.39 Å². The van der Waals surface area contributed by atoms with Gasteiger partial charge in [-0.25, -0.2) is 4.79 Å². The van der Waals surface area contributed by atoms with Gasteiger partial charge in [0.05, 0.1) is 12.7 Å². The highest BCUT2D eigenvalue weighted by molar-refractivity contribution is 5.82. The number of ether oxygens (including phenoxy) is 2. The van der Waals surface area contributed by atoms with Gasteiger partial charge in [-0.1, -0.05) is 0 Å². The van der Waals surface area contributed by atoms with Crippen molar-refractivity contribution in [3.05, 3.63) is 40.2 Å². The standard InChI is InChI=1S/C17H20O6/c1-10(18)22-14(17(2,3)20)9-12-13(21-4)7-5-11-6-8-15(19)23-16(11)12/h5-8,14,20H,9H2,1-4H3. The third-order valence-corrected chi connectivity index (χ3v) is 3.56. The van der Waals surface area contributed by atoms with E-state index in [1.54, 1.807) is 32.0 Å². The van der Waals surface area contributed by atoms with E-state index in [0.29, 0.717) is 16.9 Å². The third kappa shape index (κ3) is 3.90. The Balaban J connectivity index is 2.57. The number of hydrogen-bond donors (Lipinski definition) is 1. The summed E-state index contributed by atoms with van der Waals surface area (Å²) in [5.74, 6) is -0.00830. The van der Waals surface area contributed by atoms with Crippen molar-refractivity contribution in [1.29, 1.82) is 0 Å². The van der Waals surface area contributed by atoms with Crippen LogP contribution in [0.1, 0.15) is 26.3 Å². The molecule has 0 aliphatic heterocycles. The van der Waals surface area contributed by atoms with Gasteiger partial charge in [0.2, 0.25) is 0 Å². The van der Waals surface area contributed by atoms with Gasteiger partial charge in [0.1, 0.15) is 17.4 Å². The third-order valence-electron chi connectivity index (χ3n) is 3.56. The lowest BCUT2D eigenvalue weighted by atomic mass is 9.93. The molecule has 1 aromatic carbocycles. The normalized spacial score (nSPS) is 12.9. The maximum Gasteiger partial charge on any atom is 0.336 e. The summed E-state index contributed by atoms with van der Waals surface area (Å²) in [5.41, 5.74) is -0.831. The van der Waals surface area contributed by atoms with Crippen molar-refractivity contribution in [3.8, 4) is 5.75 Å². The lowest BCUT2D eigenvalue weighted by molar-refractivity contribution is -0.159. The molecule has 1 unspecified atom stereocenters. The van der Waals surface area contributed by atoms with Gasteiger partial charge in [0, 0.05) is 30.4 Å². The van der Waals surface area contributed by atoms with Crippen LogP contribution < -0.4 is 10.4 Å². The maximum absolute atomic E-state index is 11.6. The first-order valence-corrected chi connectivity index (χ1v) is 7.21. The van der Waals surface area contributed by atoms with E-state index < -0.39 is 23.3 Å². The zero-order valence-electron chi connectivity index (χ0n) is 13.6. The van der Waals surface area contributed by atoms with Crippen molar-refractivity contribution in [1.82, 2.24) is 0 Å². The molecule has 0 aliphatic rings. The molecule has 1 aromatic heterocycles. The highest BCUT2D eigenvalue weighted by atomic mass is 16.6. The number of carbonyl (C=O) groups excluding carboxylic acids is 1. The molecule has 0 saturated carbocycles. The summed E-state index contributed by atoms with van der Waals surface area (Å²) in [6.45, 7) is 4.38. The molecule has 6 nitrogen and oxygen atoms in total. The second-order valence-corrected chi connectivity index (χ2v) is 5.88. The Morgan fingerprint density at radius 2 is 1.96 bits per heavy atom. The Kier molecular flexibility index (Phi) is 4.75. The van der Waals surface area contributed by atoms with Crippen LogP contribution in [-0.2, 0) is 16.0 Å². The van der Waals surface area contributed by atoms with E-state index in [9.17, 15) is 14.7 Å². The Morgan fingerprint density at radius 1 is 1.30 bits per heavy atom. The summed E-state index contributed by atoms with van der Waals surface area (Å²) in [4.78, 5) is 22.9. The number of carbonyl (C=O) groups is 1. The summed E-state index contributed by atoms with van der Waals surface area (Å²) in [5, 5.41) is 11.0. The quantitative estimate of drug-likeness (QED) is 0.670. The van der Waals surface area contributed by atoms with Crippen molar-refractivity contribution < 1.29 is 23.8 Å². The molecule has 0 fully saturated rings. The molecular weight excluding hydrogens is 300 g/mol. The van der Waals surface area contributed by atoms with Crippen LogP contribution in [0.25, 0.3) is 11.0 Å². The molecule has 6 heteroatoms. The summed E-state index contributed by atoms with van der Waals surface area (Å²) in [6.07, 6.45) is -0.665. The fraction of sp³-hybridized carbons (Fsp3) is 0.412. The van der Waals surface area contributed by atoms with E-state index in [-0.39, 0.29) is 6.42 Å². The average Bonchev–Trinajstić information content (AvgIpc) is 2.45. The van der Waals surface area contributed by atoms with Crippen LogP contribution in [0, 0.1) is 0 Å². The molecule has 2 rings (SSSR count). The highest BCUT2D eigenvalue weighted by Crippen LogP contribution is 2.31. The van der Waals surface area contributed by atoms with E-state index in [2.05, 4.69) is 0 Å².